The Kier molecular flexibility index (Phi) is 5.58. The average Bonchev–Trinajstić information content (AvgIpc) is 2.59. The number of carbonyl (C=O) groups is 2. The van der Waals surface area contributed by atoms with E-state index < -0.39 is 5.41 Å². The van der Waals surface area contributed by atoms with Gasteiger partial charge < -0.3 is 9.64 Å². The molecule has 0 unspecified atom stereocenters. The molecule has 1 aromatic carbocycles. The molecule has 4 nitrogen and oxygen atoms in total. The smallest absolute Gasteiger partial charge is 0.316 e. The number of benzene rings is 1. The first kappa shape index (κ1) is 16.5. The van der Waals surface area contributed by atoms with Gasteiger partial charge in [-0.1, -0.05) is 43.7 Å². The van der Waals surface area contributed by atoms with Crippen LogP contribution >= 0.6 is 0 Å². The summed E-state index contributed by atoms with van der Waals surface area (Å²) < 4.78 is 5.07. The highest BCUT2D eigenvalue weighted by molar-refractivity contribution is 5.84. The van der Waals surface area contributed by atoms with Crippen molar-refractivity contribution in [3.63, 3.8) is 0 Å². The summed E-state index contributed by atoms with van der Waals surface area (Å²) in [4.78, 5) is 26.5. The molecule has 0 aromatic heterocycles. The fourth-order valence-electron chi connectivity index (χ4n) is 3.19. The Morgan fingerprint density at radius 2 is 1.82 bits per heavy atom. The minimum atomic E-state index is -0.614. The zero-order chi connectivity index (χ0) is 16.0. The fourth-order valence-corrected chi connectivity index (χ4v) is 3.19. The van der Waals surface area contributed by atoms with Crippen LogP contribution in [0.25, 0.3) is 0 Å². The van der Waals surface area contributed by atoms with Crippen molar-refractivity contribution >= 4 is 11.9 Å². The molecule has 22 heavy (non-hydrogen) atoms. The maximum absolute atomic E-state index is 12.4. The summed E-state index contributed by atoms with van der Waals surface area (Å²) in [7, 11) is 1.44. The van der Waals surface area contributed by atoms with Crippen LogP contribution in [0.4, 0.5) is 0 Å². The number of carbonyl (C=O) groups excluding carboxylic acids is 2. The molecule has 1 saturated heterocycles. The van der Waals surface area contributed by atoms with E-state index in [0.717, 1.165) is 18.4 Å². The van der Waals surface area contributed by atoms with Crippen LogP contribution in [0.5, 0.6) is 0 Å². The lowest BCUT2D eigenvalue weighted by atomic mass is 9.72. The Morgan fingerprint density at radius 1 is 1.18 bits per heavy atom. The lowest BCUT2D eigenvalue weighted by Gasteiger charge is -2.40. The van der Waals surface area contributed by atoms with Gasteiger partial charge in [-0.3, -0.25) is 9.59 Å². The Hall–Kier alpha value is -1.84. The second-order valence-corrected chi connectivity index (χ2v) is 5.92. The predicted molar refractivity (Wildman–Crippen MR) is 85.5 cm³/mol. The number of esters is 1. The normalized spacial score (nSPS) is 17.1. The molecule has 0 spiro atoms. The summed E-state index contributed by atoms with van der Waals surface area (Å²) in [5.74, 6) is 0.00716. The minimum absolute atomic E-state index is 0.195. The van der Waals surface area contributed by atoms with E-state index in [1.165, 1.54) is 7.11 Å². The van der Waals surface area contributed by atoms with Gasteiger partial charge in [0, 0.05) is 19.5 Å². The fraction of sp³-hybridized carbons (Fsp3) is 0.556. The molecule has 0 aliphatic carbocycles. The Morgan fingerprint density at radius 3 is 2.36 bits per heavy atom. The van der Waals surface area contributed by atoms with E-state index in [9.17, 15) is 9.59 Å². The number of hydrogen-bond acceptors (Lipinski definition) is 3. The number of piperidine rings is 1. The average molecular weight is 303 g/mol. The van der Waals surface area contributed by atoms with E-state index in [1.54, 1.807) is 0 Å². The molecule has 0 radical (unpaired) electrons. The molecule has 1 aliphatic heterocycles. The molecular weight excluding hydrogens is 278 g/mol. The SMILES string of the molecule is CCCCC(=O)N1CCC(C(=O)OC)(c2ccccc2)CC1. The minimum Gasteiger partial charge on any atom is -0.468 e. The van der Waals surface area contributed by atoms with Crippen molar-refractivity contribution in [1.82, 2.24) is 4.90 Å². The number of likely N-dealkylation sites (tertiary alicyclic amines) is 1. The summed E-state index contributed by atoms with van der Waals surface area (Å²) in [5.41, 5.74) is 0.375. The van der Waals surface area contributed by atoms with Crippen LogP contribution in [0.15, 0.2) is 30.3 Å². The van der Waals surface area contributed by atoms with Gasteiger partial charge in [0.1, 0.15) is 0 Å². The van der Waals surface area contributed by atoms with Crippen molar-refractivity contribution < 1.29 is 14.3 Å². The van der Waals surface area contributed by atoms with Crippen LogP contribution in [0.2, 0.25) is 0 Å². The standard InChI is InChI=1S/C18H25NO3/c1-3-4-10-16(20)19-13-11-18(12-14-19,17(21)22-2)15-8-6-5-7-9-15/h5-9H,3-4,10-14H2,1-2H3. The van der Waals surface area contributed by atoms with Crippen LogP contribution < -0.4 is 0 Å². The van der Waals surface area contributed by atoms with Crippen LogP contribution in [-0.2, 0) is 19.7 Å². The zero-order valence-corrected chi connectivity index (χ0v) is 13.5. The van der Waals surface area contributed by atoms with Gasteiger partial charge in [-0.25, -0.2) is 0 Å². The topological polar surface area (TPSA) is 46.6 Å². The highest BCUT2D eigenvalue weighted by atomic mass is 16.5. The van der Waals surface area contributed by atoms with Gasteiger partial charge in [-0.15, -0.1) is 0 Å². The van der Waals surface area contributed by atoms with Crippen LogP contribution in [-0.4, -0.2) is 37.0 Å². The molecule has 0 atom stereocenters. The van der Waals surface area contributed by atoms with Crippen molar-refractivity contribution in [2.24, 2.45) is 0 Å². The number of amides is 1. The Bertz CT molecular complexity index is 504. The Balaban J connectivity index is 2.12. The molecule has 1 aliphatic rings. The number of unbranched alkanes of at least 4 members (excludes halogenated alkanes) is 1. The summed E-state index contributed by atoms with van der Waals surface area (Å²) >= 11 is 0. The molecule has 1 aromatic rings. The molecule has 120 valence electrons. The summed E-state index contributed by atoms with van der Waals surface area (Å²) in [6, 6.07) is 9.78. The monoisotopic (exact) mass is 303 g/mol. The molecule has 0 bridgehead atoms. The van der Waals surface area contributed by atoms with Gasteiger partial charge in [0.25, 0.3) is 0 Å². The maximum Gasteiger partial charge on any atom is 0.316 e. The first-order valence-electron chi connectivity index (χ1n) is 8.06. The van der Waals surface area contributed by atoms with E-state index in [1.807, 2.05) is 35.2 Å². The quantitative estimate of drug-likeness (QED) is 0.786. The largest absolute Gasteiger partial charge is 0.468 e. The van der Waals surface area contributed by atoms with Gasteiger partial charge in [-0.05, 0) is 24.8 Å². The van der Waals surface area contributed by atoms with Gasteiger partial charge in [0.05, 0.1) is 12.5 Å². The second kappa shape index (κ2) is 7.43. The van der Waals surface area contributed by atoms with Crippen molar-refractivity contribution in [3.8, 4) is 0 Å². The molecular formula is C18H25NO3. The van der Waals surface area contributed by atoms with Crippen molar-refractivity contribution in [2.45, 2.75) is 44.4 Å². The summed E-state index contributed by atoms with van der Waals surface area (Å²) in [5, 5.41) is 0. The third-order valence-corrected chi connectivity index (χ3v) is 4.62. The van der Waals surface area contributed by atoms with Crippen LogP contribution in [0.3, 0.4) is 0 Å². The lowest BCUT2D eigenvalue weighted by Crippen LogP contribution is -2.49. The summed E-state index contributed by atoms with van der Waals surface area (Å²) in [6.07, 6.45) is 3.81. The number of methoxy groups -OCH3 is 1. The molecule has 1 heterocycles. The molecule has 4 heteroatoms. The highest BCUT2D eigenvalue weighted by Gasteiger charge is 2.44. The zero-order valence-electron chi connectivity index (χ0n) is 13.5. The maximum atomic E-state index is 12.4. The first-order valence-corrected chi connectivity index (χ1v) is 8.06. The molecule has 2 rings (SSSR count). The predicted octanol–water partition coefficient (Wildman–Crippen LogP) is 2.91. The number of nitrogens with zero attached hydrogens (tertiary/aromatic N) is 1. The molecule has 0 saturated carbocycles. The van der Waals surface area contributed by atoms with Crippen LogP contribution in [0, 0.1) is 0 Å². The molecule has 1 fully saturated rings. The van der Waals surface area contributed by atoms with Crippen LogP contribution in [0.1, 0.15) is 44.6 Å². The Labute approximate surface area is 132 Å². The van der Waals surface area contributed by atoms with Crippen molar-refractivity contribution in [3.05, 3.63) is 35.9 Å². The first-order chi connectivity index (χ1) is 10.6. The third-order valence-electron chi connectivity index (χ3n) is 4.62. The molecule has 1 amide bonds. The van der Waals surface area contributed by atoms with E-state index in [0.29, 0.717) is 32.4 Å². The van der Waals surface area contributed by atoms with E-state index >= 15 is 0 Å². The van der Waals surface area contributed by atoms with E-state index in [4.69, 9.17) is 4.74 Å². The van der Waals surface area contributed by atoms with Gasteiger partial charge in [0.15, 0.2) is 0 Å². The van der Waals surface area contributed by atoms with Crippen molar-refractivity contribution in [2.75, 3.05) is 20.2 Å². The number of rotatable bonds is 5. The van der Waals surface area contributed by atoms with Gasteiger partial charge in [-0.2, -0.15) is 0 Å². The lowest BCUT2D eigenvalue weighted by molar-refractivity contribution is -0.151. The van der Waals surface area contributed by atoms with Gasteiger partial charge in [0.2, 0.25) is 5.91 Å². The third kappa shape index (κ3) is 3.32. The van der Waals surface area contributed by atoms with E-state index in [-0.39, 0.29) is 11.9 Å². The number of hydrogen-bond donors (Lipinski definition) is 0. The van der Waals surface area contributed by atoms with Crippen molar-refractivity contribution in [1.29, 1.82) is 0 Å². The van der Waals surface area contributed by atoms with Gasteiger partial charge >= 0.3 is 5.97 Å². The highest BCUT2D eigenvalue weighted by Crippen LogP contribution is 2.37. The molecule has 0 N–H and O–H groups in total. The number of ether oxygens (including phenoxy) is 1. The second-order valence-electron chi connectivity index (χ2n) is 5.92. The van der Waals surface area contributed by atoms with E-state index in [2.05, 4.69) is 6.92 Å². The summed E-state index contributed by atoms with van der Waals surface area (Å²) in [6.45, 7) is 3.32.